The maximum atomic E-state index is 12.2. The number of fused-ring (bicyclic) bond motifs is 1. The quantitative estimate of drug-likeness (QED) is 0.814. The third kappa shape index (κ3) is 2.65. The minimum Gasteiger partial charge on any atom is -0.308 e. The van der Waals surface area contributed by atoms with Gasteiger partial charge in [0, 0.05) is 23.1 Å². The number of anilines is 1. The molecule has 0 saturated heterocycles. The maximum absolute atomic E-state index is 12.2. The van der Waals surface area contributed by atoms with Crippen molar-refractivity contribution < 1.29 is 4.79 Å². The molecule has 0 fully saturated rings. The number of amides is 1. The number of nitrogens with zero attached hydrogens (tertiary/aromatic N) is 1. The van der Waals surface area contributed by atoms with Crippen LogP contribution in [-0.2, 0) is 4.79 Å². The van der Waals surface area contributed by atoms with Gasteiger partial charge in [0.15, 0.2) is 0 Å². The van der Waals surface area contributed by atoms with Gasteiger partial charge < -0.3 is 4.90 Å². The number of unbranched alkanes of at least 4 members (excludes halogenated alkanes) is 1. The fourth-order valence-electron chi connectivity index (χ4n) is 2.13. The van der Waals surface area contributed by atoms with Gasteiger partial charge in [-0.05, 0) is 25.5 Å². The lowest BCUT2D eigenvalue weighted by atomic mass is 10.1. The van der Waals surface area contributed by atoms with E-state index >= 15 is 0 Å². The van der Waals surface area contributed by atoms with E-state index in [9.17, 15) is 4.79 Å². The average Bonchev–Trinajstić information content (AvgIpc) is 2.35. The van der Waals surface area contributed by atoms with Crippen molar-refractivity contribution in [2.45, 2.75) is 44.0 Å². The van der Waals surface area contributed by atoms with Gasteiger partial charge in [-0.15, -0.1) is 11.8 Å². The largest absolute Gasteiger partial charge is 0.308 e. The molecule has 0 saturated carbocycles. The topological polar surface area (TPSA) is 20.3 Å². The summed E-state index contributed by atoms with van der Waals surface area (Å²) in [5.74, 6) is 1.27. The first-order valence-corrected chi connectivity index (χ1v) is 7.26. The molecule has 0 aromatic heterocycles. The highest BCUT2D eigenvalue weighted by Gasteiger charge is 2.27. The Labute approximate surface area is 107 Å². The monoisotopic (exact) mass is 249 g/mol. The smallest absolute Gasteiger partial charge is 0.227 e. The van der Waals surface area contributed by atoms with Crippen LogP contribution in [0.25, 0.3) is 0 Å². The number of thioether (sulfide) groups is 1. The molecule has 1 aliphatic rings. The van der Waals surface area contributed by atoms with Gasteiger partial charge in [0.2, 0.25) is 5.91 Å². The zero-order chi connectivity index (χ0) is 12.3. The molecule has 2 nitrogen and oxygen atoms in total. The standard InChI is InChI=1S/C14H19NOS/c1-3-4-9-14(16)15-11(2)10-17-13-8-6-5-7-12(13)15/h5-8,11H,3-4,9-10H2,1-2H3. The normalized spacial score (nSPS) is 18.9. The van der Waals surface area contributed by atoms with Crippen LogP contribution in [0.3, 0.4) is 0 Å². The molecular weight excluding hydrogens is 230 g/mol. The Morgan fingerprint density at radius 2 is 2.24 bits per heavy atom. The second-order valence-corrected chi connectivity index (χ2v) is 5.56. The zero-order valence-electron chi connectivity index (χ0n) is 10.5. The lowest BCUT2D eigenvalue weighted by Crippen LogP contribution is -2.42. The van der Waals surface area contributed by atoms with Gasteiger partial charge in [-0.3, -0.25) is 4.79 Å². The van der Waals surface area contributed by atoms with Gasteiger partial charge in [0.25, 0.3) is 0 Å². The number of benzene rings is 1. The molecule has 1 atom stereocenters. The number of para-hydroxylation sites is 1. The molecule has 1 amide bonds. The Morgan fingerprint density at radius 1 is 1.47 bits per heavy atom. The number of hydrogen-bond acceptors (Lipinski definition) is 2. The molecule has 0 bridgehead atoms. The van der Waals surface area contributed by atoms with Crippen LogP contribution >= 0.6 is 11.8 Å². The number of carbonyl (C=O) groups is 1. The summed E-state index contributed by atoms with van der Waals surface area (Å²) in [6.45, 7) is 4.25. The van der Waals surface area contributed by atoms with Crippen molar-refractivity contribution in [3.8, 4) is 0 Å². The second kappa shape index (κ2) is 5.58. The summed E-state index contributed by atoms with van der Waals surface area (Å²) in [7, 11) is 0. The Bertz CT molecular complexity index is 405. The van der Waals surface area contributed by atoms with Crippen molar-refractivity contribution in [3.05, 3.63) is 24.3 Å². The first-order chi connectivity index (χ1) is 8.24. The zero-order valence-corrected chi connectivity index (χ0v) is 11.3. The fourth-order valence-corrected chi connectivity index (χ4v) is 3.19. The molecule has 92 valence electrons. The van der Waals surface area contributed by atoms with E-state index < -0.39 is 0 Å². The molecule has 0 N–H and O–H groups in total. The molecule has 0 aliphatic carbocycles. The molecule has 1 unspecified atom stereocenters. The predicted molar refractivity (Wildman–Crippen MR) is 73.6 cm³/mol. The minimum absolute atomic E-state index is 0.270. The lowest BCUT2D eigenvalue weighted by molar-refractivity contribution is -0.119. The summed E-state index contributed by atoms with van der Waals surface area (Å²) >= 11 is 1.85. The third-order valence-corrected chi connectivity index (χ3v) is 4.36. The fraction of sp³-hybridized carbons (Fsp3) is 0.500. The Kier molecular flexibility index (Phi) is 4.11. The summed E-state index contributed by atoms with van der Waals surface area (Å²) in [5.41, 5.74) is 1.09. The highest BCUT2D eigenvalue weighted by molar-refractivity contribution is 7.99. The van der Waals surface area contributed by atoms with Crippen molar-refractivity contribution in [2.75, 3.05) is 10.7 Å². The van der Waals surface area contributed by atoms with E-state index in [2.05, 4.69) is 26.0 Å². The molecule has 3 heteroatoms. The van der Waals surface area contributed by atoms with Crippen molar-refractivity contribution in [3.63, 3.8) is 0 Å². The first-order valence-electron chi connectivity index (χ1n) is 6.28. The number of hydrogen-bond donors (Lipinski definition) is 0. The molecule has 0 spiro atoms. The summed E-state index contributed by atoms with van der Waals surface area (Å²) < 4.78 is 0. The summed E-state index contributed by atoms with van der Waals surface area (Å²) in [6.07, 6.45) is 2.72. The van der Waals surface area contributed by atoms with E-state index in [-0.39, 0.29) is 5.91 Å². The van der Waals surface area contributed by atoms with E-state index in [1.807, 2.05) is 28.8 Å². The third-order valence-electron chi connectivity index (χ3n) is 3.06. The van der Waals surface area contributed by atoms with Gasteiger partial charge in [-0.25, -0.2) is 0 Å². The van der Waals surface area contributed by atoms with Gasteiger partial charge >= 0.3 is 0 Å². The molecule has 1 aliphatic heterocycles. The summed E-state index contributed by atoms with van der Waals surface area (Å²) in [4.78, 5) is 15.5. The van der Waals surface area contributed by atoms with Crippen LogP contribution in [-0.4, -0.2) is 17.7 Å². The molecular formula is C14H19NOS. The maximum Gasteiger partial charge on any atom is 0.227 e. The van der Waals surface area contributed by atoms with E-state index in [0.717, 1.165) is 24.3 Å². The first kappa shape index (κ1) is 12.5. The van der Waals surface area contributed by atoms with Crippen LogP contribution in [0.4, 0.5) is 5.69 Å². The van der Waals surface area contributed by atoms with Crippen molar-refractivity contribution in [1.29, 1.82) is 0 Å². The predicted octanol–water partition coefficient (Wildman–Crippen LogP) is 3.70. The number of carbonyl (C=O) groups excluding carboxylic acids is 1. The Morgan fingerprint density at radius 3 is 3.00 bits per heavy atom. The van der Waals surface area contributed by atoms with E-state index in [1.165, 1.54) is 4.90 Å². The minimum atomic E-state index is 0.270. The molecule has 1 aromatic carbocycles. The van der Waals surface area contributed by atoms with Crippen LogP contribution in [0.15, 0.2) is 29.2 Å². The Hall–Kier alpha value is -0.960. The van der Waals surface area contributed by atoms with Crippen LogP contribution < -0.4 is 4.90 Å². The highest BCUT2D eigenvalue weighted by Crippen LogP contribution is 2.37. The van der Waals surface area contributed by atoms with Gasteiger partial charge in [0.1, 0.15) is 0 Å². The van der Waals surface area contributed by atoms with Crippen LogP contribution in [0.5, 0.6) is 0 Å². The van der Waals surface area contributed by atoms with Crippen molar-refractivity contribution >= 4 is 23.4 Å². The van der Waals surface area contributed by atoms with E-state index in [1.54, 1.807) is 0 Å². The van der Waals surface area contributed by atoms with E-state index in [4.69, 9.17) is 0 Å². The SMILES string of the molecule is CCCCC(=O)N1c2ccccc2SCC1C. The lowest BCUT2D eigenvalue weighted by Gasteiger charge is -2.34. The molecule has 17 heavy (non-hydrogen) atoms. The van der Waals surface area contributed by atoms with Gasteiger partial charge in [0.05, 0.1) is 5.69 Å². The second-order valence-electron chi connectivity index (χ2n) is 4.50. The van der Waals surface area contributed by atoms with Crippen LogP contribution in [0, 0.1) is 0 Å². The molecule has 2 rings (SSSR count). The average molecular weight is 249 g/mol. The molecule has 0 radical (unpaired) electrons. The van der Waals surface area contributed by atoms with Crippen LogP contribution in [0.2, 0.25) is 0 Å². The summed E-state index contributed by atoms with van der Waals surface area (Å²) in [5, 5.41) is 0. The van der Waals surface area contributed by atoms with Crippen molar-refractivity contribution in [1.82, 2.24) is 0 Å². The summed E-state index contributed by atoms with van der Waals surface area (Å²) in [6, 6.07) is 8.52. The number of rotatable bonds is 3. The Balaban J connectivity index is 2.23. The van der Waals surface area contributed by atoms with E-state index in [0.29, 0.717) is 12.5 Å². The molecule has 1 aromatic rings. The highest BCUT2D eigenvalue weighted by atomic mass is 32.2. The van der Waals surface area contributed by atoms with Gasteiger partial charge in [-0.2, -0.15) is 0 Å². The van der Waals surface area contributed by atoms with Crippen molar-refractivity contribution in [2.24, 2.45) is 0 Å². The van der Waals surface area contributed by atoms with Crippen LogP contribution in [0.1, 0.15) is 33.1 Å². The molecule has 1 heterocycles. The van der Waals surface area contributed by atoms with Gasteiger partial charge in [-0.1, -0.05) is 25.5 Å².